The van der Waals surface area contributed by atoms with E-state index in [0.717, 1.165) is 12.1 Å². The van der Waals surface area contributed by atoms with Gasteiger partial charge in [-0.25, -0.2) is 0 Å². The lowest BCUT2D eigenvalue weighted by atomic mass is 10.3. The fraction of sp³-hybridized carbons (Fsp3) is 0.500. The maximum Gasteiger partial charge on any atom is 0.230 e. The highest BCUT2D eigenvalue weighted by molar-refractivity contribution is 9.09. The van der Waals surface area contributed by atoms with Gasteiger partial charge in [0.2, 0.25) is 5.91 Å². The summed E-state index contributed by atoms with van der Waals surface area (Å²) in [5, 5.41) is 7.30. The molecule has 0 fully saturated rings. The van der Waals surface area contributed by atoms with Gasteiger partial charge in [-0.1, -0.05) is 15.9 Å². The van der Waals surface area contributed by atoms with Crippen LogP contribution in [0, 0.1) is 0 Å². The van der Waals surface area contributed by atoms with Gasteiger partial charge in [0.15, 0.2) is 0 Å². The molecule has 0 atom stereocenters. The molecule has 1 amide bonds. The zero-order chi connectivity index (χ0) is 9.68. The topological polar surface area (TPSA) is 46.9 Å². The van der Waals surface area contributed by atoms with Crippen molar-refractivity contribution in [2.24, 2.45) is 7.05 Å². The summed E-state index contributed by atoms with van der Waals surface area (Å²) in [6, 6.07) is 1.94. The van der Waals surface area contributed by atoms with E-state index in [1.165, 1.54) is 0 Å². The predicted molar refractivity (Wildman–Crippen MR) is 53.7 cm³/mol. The summed E-state index contributed by atoms with van der Waals surface area (Å²) in [4.78, 5) is 10.8. The van der Waals surface area contributed by atoms with Crippen LogP contribution >= 0.6 is 15.9 Å². The Labute approximate surface area is 85.4 Å². The van der Waals surface area contributed by atoms with E-state index >= 15 is 0 Å². The van der Waals surface area contributed by atoms with Crippen molar-refractivity contribution in [1.29, 1.82) is 0 Å². The van der Waals surface area contributed by atoms with Crippen molar-refractivity contribution in [2.45, 2.75) is 6.42 Å². The lowest BCUT2D eigenvalue weighted by Crippen LogP contribution is -2.26. The predicted octanol–water partition coefficient (Wildman–Crippen LogP) is 0.474. The number of aromatic nitrogens is 2. The van der Waals surface area contributed by atoms with Crippen LogP contribution in [0.2, 0.25) is 0 Å². The molecule has 0 spiro atoms. The van der Waals surface area contributed by atoms with Gasteiger partial charge in [-0.15, -0.1) is 0 Å². The molecule has 1 aromatic heterocycles. The van der Waals surface area contributed by atoms with E-state index in [4.69, 9.17) is 0 Å². The summed E-state index contributed by atoms with van der Waals surface area (Å²) >= 11 is 3.07. The molecule has 1 N–H and O–H groups in total. The lowest BCUT2D eigenvalue weighted by molar-refractivity contribution is -0.118. The maximum absolute atomic E-state index is 10.8. The molecule has 1 rings (SSSR count). The normalized spacial score (nSPS) is 10.0. The molecule has 5 heteroatoms. The highest BCUT2D eigenvalue weighted by Gasteiger charge is 1.99. The van der Waals surface area contributed by atoms with Crippen LogP contribution < -0.4 is 5.32 Å². The zero-order valence-corrected chi connectivity index (χ0v) is 9.04. The Kier molecular flexibility index (Phi) is 3.95. The minimum atomic E-state index is 0.0101. The standard InChI is InChI=1S/C8H12BrN3O/c1-12-5-3-7(11-12)2-4-10-8(13)6-9/h3,5H,2,4,6H2,1H3,(H,10,13). The Balaban J connectivity index is 2.24. The van der Waals surface area contributed by atoms with Gasteiger partial charge in [-0.05, 0) is 6.07 Å². The second-order valence-corrected chi connectivity index (χ2v) is 3.28. The third-order valence-corrected chi connectivity index (χ3v) is 2.10. The Bertz CT molecular complexity index is 285. The highest BCUT2D eigenvalue weighted by atomic mass is 79.9. The first-order valence-electron chi connectivity index (χ1n) is 4.03. The van der Waals surface area contributed by atoms with Crippen LogP contribution in [0.1, 0.15) is 5.69 Å². The molecular formula is C8H12BrN3O. The minimum Gasteiger partial charge on any atom is -0.355 e. The van der Waals surface area contributed by atoms with E-state index in [2.05, 4.69) is 26.3 Å². The number of aryl methyl sites for hydroxylation is 1. The molecule has 0 unspecified atom stereocenters. The molecule has 0 aliphatic rings. The van der Waals surface area contributed by atoms with E-state index in [-0.39, 0.29) is 5.91 Å². The van der Waals surface area contributed by atoms with Crippen LogP contribution in [0.4, 0.5) is 0 Å². The van der Waals surface area contributed by atoms with Crippen LogP contribution in [0.25, 0.3) is 0 Å². The maximum atomic E-state index is 10.8. The molecule has 0 aliphatic carbocycles. The average molecular weight is 246 g/mol. The van der Waals surface area contributed by atoms with Crippen molar-refractivity contribution >= 4 is 21.8 Å². The van der Waals surface area contributed by atoms with Gasteiger partial charge in [0, 0.05) is 26.2 Å². The lowest BCUT2D eigenvalue weighted by Gasteiger charge is -1.99. The van der Waals surface area contributed by atoms with Crippen LogP contribution in [0.5, 0.6) is 0 Å². The highest BCUT2D eigenvalue weighted by Crippen LogP contribution is 1.93. The summed E-state index contributed by atoms with van der Waals surface area (Å²) in [6.45, 7) is 0.640. The zero-order valence-electron chi connectivity index (χ0n) is 7.46. The van der Waals surface area contributed by atoms with Crippen LogP contribution in [-0.4, -0.2) is 27.6 Å². The third kappa shape index (κ3) is 3.59. The molecular weight excluding hydrogens is 234 g/mol. The number of rotatable bonds is 4. The molecule has 0 aromatic carbocycles. The Hall–Kier alpha value is -0.840. The number of hydrogen-bond acceptors (Lipinski definition) is 2. The number of halogens is 1. The molecule has 0 saturated heterocycles. The Morgan fingerprint density at radius 3 is 3.08 bits per heavy atom. The number of hydrogen-bond donors (Lipinski definition) is 1. The minimum absolute atomic E-state index is 0.0101. The van der Waals surface area contributed by atoms with Gasteiger partial charge < -0.3 is 5.32 Å². The van der Waals surface area contributed by atoms with Crippen LogP contribution in [-0.2, 0) is 18.3 Å². The SMILES string of the molecule is Cn1ccc(CCNC(=O)CBr)n1. The number of nitrogens with zero attached hydrogens (tertiary/aromatic N) is 2. The molecule has 0 aliphatic heterocycles. The Morgan fingerprint density at radius 2 is 2.54 bits per heavy atom. The van der Waals surface area contributed by atoms with Gasteiger partial charge in [0.05, 0.1) is 11.0 Å². The largest absolute Gasteiger partial charge is 0.355 e. The van der Waals surface area contributed by atoms with E-state index in [1.807, 2.05) is 19.3 Å². The molecule has 0 radical (unpaired) electrons. The van der Waals surface area contributed by atoms with E-state index in [0.29, 0.717) is 11.9 Å². The number of nitrogens with one attached hydrogen (secondary N) is 1. The summed E-state index contributed by atoms with van der Waals surface area (Å²) in [6.07, 6.45) is 2.67. The Morgan fingerprint density at radius 1 is 1.77 bits per heavy atom. The molecule has 13 heavy (non-hydrogen) atoms. The molecule has 4 nitrogen and oxygen atoms in total. The van der Waals surface area contributed by atoms with Crippen molar-refractivity contribution in [3.8, 4) is 0 Å². The van der Waals surface area contributed by atoms with Crippen molar-refractivity contribution < 1.29 is 4.79 Å². The summed E-state index contributed by atoms with van der Waals surface area (Å²) in [5.74, 6) is 0.0101. The number of carbonyl (C=O) groups excluding carboxylic acids is 1. The summed E-state index contributed by atoms with van der Waals surface area (Å²) < 4.78 is 1.75. The molecule has 0 bridgehead atoms. The molecule has 0 saturated carbocycles. The first kappa shape index (κ1) is 10.2. The van der Waals surface area contributed by atoms with Gasteiger partial charge in [0.25, 0.3) is 0 Å². The number of alkyl halides is 1. The molecule has 1 aromatic rings. The van der Waals surface area contributed by atoms with Gasteiger partial charge >= 0.3 is 0 Å². The summed E-state index contributed by atoms with van der Waals surface area (Å²) in [7, 11) is 1.88. The van der Waals surface area contributed by atoms with Crippen LogP contribution in [0.15, 0.2) is 12.3 Å². The third-order valence-electron chi connectivity index (χ3n) is 1.59. The fourth-order valence-electron chi connectivity index (χ4n) is 0.974. The second kappa shape index (κ2) is 5.01. The van der Waals surface area contributed by atoms with E-state index < -0.39 is 0 Å². The van der Waals surface area contributed by atoms with Crippen molar-refractivity contribution in [3.05, 3.63) is 18.0 Å². The first-order chi connectivity index (χ1) is 6.22. The van der Waals surface area contributed by atoms with Gasteiger partial charge in [-0.2, -0.15) is 5.10 Å². The quantitative estimate of drug-likeness (QED) is 0.785. The number of amides is 1. The number of carbonyl (C=O) groups is 1. The van der Waals surface area contributed by atoms with Crippen LogP contribution in [0.3, 0.4) is 0 Å². The average Bonchev–Trinajstić information content (AvgIpc) is 2.51. The first-order valence-corrected chi connectivity index (χ1v) is 5.15. The fourth-order valence-corrected chi connectivity index (χ4v) is 1.17. The van der Waals surface area contributed by atoms with Crippen molar-refractivity contribution in [1.82, 2.24) is 15.1 Å². The monoisotopic (exact) mass is 245 g/mol. The smallest absolute Gasteiger partial charge is 0.230 e. The van der Waals surface area contributed by atoms with Gasteiger partial charge in [0.1, 0.15) is 0 Å². The molecule has 1 heterocycles. The van der Waals surface area contributed by atoms with Gasteiger partial charge in [-0.3, -0.25) is 9.48 Å². The summed E-state index contributed by atoms with van der Waals surface area (Å²) in [5.41, 5.74) is 0.998. The van der Waals surface area contributed by atoms with E-state index in [9.17, 15) is 4.79 Å². The second-order valence-electron chi connectivity index (χ2n) is 2.71. The van der Waals surface area contributed by atoms with Crippen molar-refractivity contribution in [3.63, 3.8) is 0 Å². The molecule has 72 valence electrons. The van der Waals surface area contributed by atoms with E-state index in [1.54, 1.807) is 4.68 Å². The van der Waals surface area contributed by atoms with Crippen molar-refractivity contribution in [2.75, 3.05) is 11.9 Å².